The normalized spacial score (nSPS) is 12.9. The molecule has 88 valence electrons. The fourth-order valence-corrected chi connectivity index (χ4v) is 2.90. The van der Waals surface area contributed by atoms with Crippen LogP contribution in [0.5, 0.6) is 0 Å². The summed E-state index contributed by atoms with van der Waals surface area (Å²) in [5.74, 6) is -0.317. The molecule has 0 bridgehead atoms. The van der Waals surface area contributed by atoms with E-state index in [0.29, 0.717) is 13.0 Å². The number of esters is 1. The summed E-state index contributed by atoms with van der Waals surface area (Å²) in [6, 6.07) is 1.98. The van der Waals surface area contributed by atoms with Gasteiger partial charge in [-0.1, -0.05) is 12.2 Å². The van der Waals surface area contributed by atoms with Gasteiger partial charge < -0.3 is 4.74 Å². The molecule has 0 aliphatic rings. The van der Waals surface area contributed by atoms with Crippen LogP contribution >= 0.6 is 27.3 Å². The van der Waals surface area contributed by atoms with Crippen molar-refractivity contribution < 1.29 is 9.53 Å². The molecule has 0 fully saturated rings. The molecule has 0 saturated heterocycles. The van der Waals surface area contributed by atoms with Gasteiger partial charge in [-0.2, -0.15) is 0 Å². The lowest BCUT2D eigenvalue weighted by Gasteiger charge is -2.11. The Labute approximate surface area is 108 Å². The summed E-state index contributed by atoms with van der Waals surface area (Å²) >= 11 is 4.98. The molecule has 0 saturated carbocycles. The van der Waals surface area contributed by atoms with Crippen molar-refractivity contribution in [3.63, 3.8) is 0 Å². The highest BCUT2D eigenvalue weighted by Crippen LogP contribution is 2.30. The van der Waals surface area contributed by atoms with Crippen LogP contribution in [0.2, 0.25) is 0 Å². The molecule has 0 amide bonds. The van der Waals surface area contributed by atoms with Crippen molar-refractivity contribution in [1.82, 2.24) is 0 Å². The van der Waals surface area contributed by atoms with Crippen LogP contribution in [0.4, 0.5) is 0 Å². The van der Waals surface area contributed by atoms with Crippen molar-refractivity contribution in [2.45, 2.75) is 26.2 Å². The number of hydrogen-bond acceptors (Lipinski definition) is 3. The topological polar surface area (TPSA) is 26.3 Å². The summed E-state index contributed by atoms with van der Waals surface area (Å²) in [7, 11) is 0. The summed E-state index contributed by atoms with van der Waals surface area (Å²) in [6.45, 7) is 4.21. The van der Waals surface area contributed by atoms with Gasteiger partial charge in [-0.25, -0.2) is 0 Å². The van der Waals surface area contributed by atoms with Crippen LogP contribution in [0.15, 0.2) is 28.1 Å². The zero-order valence-electron chi connectivity index (χ0n) is 9.40. The molecule has 0 radical (unpaired) electrons. The predicted octanol–water partition coefficient (Wildman–Crippen LogP) is 4.12. The molecular weight excluding hydrogens is 288 g/mol. The number of carbonyl (C=O) groups is 1. The van der Waals surface area contributed by atoms with Crippen molar-refractivity contribution >= 4 is 33.2 Å². The van der Waals surface area contributed by atoms with E-state index in [-0.39, 0.29) is 11.9 Å². The van der Waals surface area contributed by atoms with E-state index in [9.17, 15) is 4.79 Å². The number of halogens is 1. The quantitative estimate of drug-likeness (QED) is 0.604. The Hall–Kier alpha value is -0.610. The molecule has 2 nitrogen and oxygen atoms in total. The van der Waals surface area contributed by atoms with Gasteiger partial charge in [-0.05, 0) is 42.3 Å². The molecule has 1 heterocycles. The number of ether oxygens (including phenoxy) is 1. The third-order valence-electron chi connectivity index (χ3n) is 2.11. The van der Waals surface area contributed by atoms with Crippen molar-refractivity contribution in [1.29, 1.82) is 0 Å². The standard InChI is InChI=1S/C12H15BrO2S/c1-3-5-6-10(12(14)15-4-2)11-7-9(13)8-16-11/h3,5,7-8,10H,4,6H2,1-2H3. The van der Waals surface area contributed by atoms with E-state index >= 15 is 0 Å². The maximum atomic E-state index is 11.8. The molecule has 1 atom stereocenters. The van der Waals surface area contributed by atoms with E-state index in [4.69, 9.17) is 4.74 Å². The molecule has 1 rings (SSSR count). The molecule has 16 heavy (non-hydrogen) atoms. The minimum atomic E-state index is -0.174. The van der Waals surface area contributed by atoms with E-state index in [1.165, 1.54) is 0 Å². The van der Waals surface area contributed by atoms with Crippen molar-refractivity contribution in [3.05, 3.63) is 32.9 Å². The largest absolute Gasteiger partial charge is 0.465 e. The van der Waals surface area contributed by atoms with Gasteiger partial charge >= 0.3 is 5.97 Å². The lowest BCUT2D eigenvalue weighted by molar-refractivity contribution is -0.144. The Morgan fingerprint density at radius 3 is 2.94 bits per heavy atom. The fraction of sp³-hybridized carbons (Fsp3) is 0.417. The van der Waals surface area contributed by atoms with E-state index < -0.39 is 0 Å². The van der Waals surface area contributed by atoms with Crippen LogP contribution in [0.3, 0.4) is 0 Å². The van der Waals surface area contributed by atoms with Crippen molar-refractivity contribution in [2.75, 3.05) is 6.61 Å². The Morgan fingerprint density at radius 1 is 1.69 bits per heavy atom. The Morgan fingerprint density at radius 2 is 2.44 bits per heavy atom. The van der Waals surface area contributed by atoms with Crippen molar-refractivity contribution in [3.8, 4) is 0 Å². The van der Waals surface area contributed by atoms with Gasteiger partial charge in [0.2, 0.25) is 0 Å². The SMILES string of the molecule is CC=CCC(C(=O)OCC)c1cc(Br)cs1. The number of hydrogen-bond donors (Lipinski definition) is 0. The first kappa shape index (κ1) is 13.5. The molecule has 0 aliphatic carbocycles. The molecule has 1 aromatic heterocycles. The second kappa shape index (κ2) is 6.86. The molecule has 0 aliphatic heterocycles. The average molecular weight is 303 g/mol. The van der Waals surface area contributed by atoms with E-state index in [0.717, 1.165) is 9.35 Å². The number of allylic oxidation sites excluding steroid dienone is 2. The molecule has 0 aromatic carbocycles. The molecule has 0 spiro atoms. The number of rotatable bonds is 5. The maximum Gasteiger partial charge on any atom is 0.314 e. The smallest absolute Gasteiger partial charge is 0.314 e. The highest BCUT2D eigenvalue weighted by atomic mass is 79.9. The van der Waals surface area contributed by atoms with Crippen LogP contribution in [0, 0.1) is 0 Å². The summed E-state index contributed by atoms with van der Waals surface area (Å²) in [5, 5.41) is 1.98. The van der Waals surface area contributed by atoms with E-state index in [2.05, 4.69) is 15.9 Å². The van der Waals surface area contributed by atoms with E-state index in [1.807, 2.05) is 37.4 Å². The number of carbonyl (C=O) groups excluding carboxylic acids is 1. The minimum absolute atomic E-state index is 0.144. The van der Waals surface area contributed by atoms with Gasteiger partial charge in [0.15, 0.2) is 0 Å². The van der Waals surface area contributed by atoms with Crippen LogP contribution in [-0.4, -0.2) is 12.6 Å². The van der Waals surface area contributed by atoms with Crippen molar-refractivity contribution in [2.24, 2.45) is 0 Å². The highest BCUT2D eigenvalue weighted by molar-refractivity contribution is 9.10. The lowest BCUT2D eigenvalue weighted by Crippen LogP contribution is -2.14. The fourth-order valence-electron chi connectivity index (χ4n) is 1.35. The molecule has 1 aromatic rings. The first-order valence-corrected chi connectivity index (χ1v) is 6.88. The minimum Gasteiger partial charge on any atom is -0.465 e. The zero-order valence-corrected chi connectivity index (χ0v) is 11.8. The Balaban J connectivity index is 2.82. The third kappa shape index (κ3) is 3.76. The van der Waals surface area contributed by atoms with Gasteiger partial charge in [0.05, 0.1) is 12.5 Å². The predicted molar refractivity (Wildman–Crippen MR) is 70.8 cm³/mol. The van der Waals surface area contributed by atoms with Gasteiger partial charge in [0.25, 0.3) is 0 Å². The summed E-state index contributed by atoms with van der Waals surface area (Å²) in [4.78, 5) is 12.8. The van der Waals surface area contributed by atoms with Crippen LogP contribution in [0.25, 0.3) is 0 Å². The zero-order chi connectivity index (χ0) is 12.0. The van der Waals surface area contributed by atoms with Crippen LogP contribution < -0.4 is 0 Å². The summed E-state index contributed by atoms with van der Waals surface area (Å²) < 4.78 is 6.10. The maximum absolute atomic E-state index is 11.8. The summed E-state index contributed by atoms with van der Waals surface area (Å²) in [5.41, 5.74) is 0. The Bertz CT molecular complexity index is 371. The molecule has 0 N–H and O–H groups in total. The van der Waals surface area contributed by atoms with Crippen LogP contribution in [0.1, 0.15) is 31.1 Å². The second-order valence-corrected chi connectivity index (χ2v) is 5.14. The highest BCUT2D eigenvalue weighted by Gasteiger charge is 2.22. The van der Waals surface area contributed by atoms with Gasteiger partial charge in [-0.15, -0.1) is 11.3 Å². The number of thiophene rings is 1. The Kier molecular flexibility index (Phi) is 5.77. The summed E-state index contributed by atoms with van der Waals surface area (Å²) in [6.07, 6.45) is 4.65. The molecular formula is C12H15BrO2S. The van der Waals surface area contributed by atoms with E-state index in [1.54, 1.807) is 11.3 Å². The first-order valence-electron chi connectivity index (χ1n) is 5.20. The first-order chi connectivity index (χ1) is 7.69. The monoisotopic (exact) mass is 302 g/mol. The molecule has 4 heteroatoms. The average Bonchev–Trinajstić information content (AvgIpc) is 2.66. The van der Waals surface area contributed by atoms with Gasteiger partial charge in [0.1, 0.15) is 0 Å². The van der Waals surface area contributed by atoms with Gasteiger partial charge in [0, 0.05) is 14.7 Å². The third-order valence-corrected chi connectivity index (χ3v) is 3.92. The lowest BCUT2D eigenvalue weighted by atomic mass is 10.0. The molecule has 1 unspecified atom stereocenters. The van der Waals surface area contributed by atoms with Gasteiger partial charge in [-0.3, -0.25) is 4.79 Å². The van der Waals surface area contributed by atoms with Crippen LogP contribution in [-0.2, 0) is 9.53 Å². The second-order valence-electron chi connectivity index (χ2n) is 3.28.